The Bertz CT molecular complexity index is 551. The molecule has 30 heavy (non-hydrogen) atoms. The van der Waals surface area contributed by atoms with E-state index < -0.39 is 13.9 Å². The second-order valence-electron chi connectivity index (χ2n) is 7.56. The van der Waals surface area contributed by atoms with Gasteiger partial charge in [0.2, 0.25) is 0 Å². The summed E-state index contributed by atoms with van der Waals surface area (Å²) in [5, 5.41) is 2.63. The normalized spacial score (nSPS) is 13.5. The lowest BCUT2D eigenvalue weighted by Crippen LogP contribution is -2.44. The van der Waals surface area contributed by atoms with Gasteiger partial charge >= 0.3 is 6.09 Å². The minimum atomic E-state index is -4.67. The van der Waals surface area contributed by atoms with Crippen LogP contribution < -0.4 is 10.2 Å². The van der Waals surface area contributed by atoms with Gasteiger partial charge in [-0.2, -0.15) is 0 Å². The van der Waals surface area contributed by atoms with Crippen LogP contribution in [0.5, 0.6) is 0 Å². The molecule has 0 radical (unpaired) electrons. The fraction of sp³-hybridized carbons (Fsp3) is 0.789. The molecule has 0 aliphatic rings. The quantitative estimate of drug-likeness (QED) is 0.130. The lowest BCUT2D eigenvalue weighted by Gasteiger charge is -2.30. The lowest BCUT2D eigenvalue weighted by molar-refractivity contribution is -0.890. The van der Waals surface area contributed by atoms with Crippen molar-refractivity contribution in [3.63, 3.8) is 0 Å². The van der Waals surface area contributed by atoms with Crippen molar-refractivity contribution >= 4 is 19.7 Å². The number of carbonyl (C=O) groups is 2. The van der Waals surface area contributed by atoms with Crippen LogP contribution in [0.25, 0.3) is 0 Å². The second kappa shape index (κ2) is 16.4. The fourth-order valence-corrected chi connectivity index (χ4v) is 2.74. The number of carbonyl (C=O) groups excluding carboxylic acids is 2. The van der Waals surface area contributed by atoms with E-state index in [4.69, 9.17) is 14.4 Å². The number of hydrogen-bond donors (Lipinski definition) is 2. The predicted octanol–water partition coefficient (Wildman–Crippen LogP) is 1.38. The molecule has 0 rings (SSSR count). The first-order valence-corrected chi connectivity index (χ1v) is 11.7. The predicted molar refractivity (Wildman–Crippen MR) is 111 cm³/mol. The number of nitrogens with one attached hydrogen (secondary N) is 1. The SMILES string of the molecule is C=CCOC(=O)NCCCCCC(=O)CCCOCC[N+](C)(C)CCOP(=O)([O-])O. The van der Waals surface area contributed by atoms with Gasteiger partial charge in [0.15, 0.2) is 0 Å². The number of phosphoric ester groups is 1. The van der Waals surface area contributed by atoms with Crippen molar-refractivity contribution < 1.29 is 42.4 Å². The van der Waals surface area contributed by atoms with Crippen LogP contribution in [0.3, 0.4) is 0 Å². The lowest BCUT2D eigenvalue weighted by atomic mass is 10.1. The van der Waals surface area contributed by atoms with Gasteiger partial charge in [0.25, 0.3) is 7.82 Å². The summed E-state index contributed by atoms with van der Waals surface area (Å²) >= 11 is 0. The Hall–Kier alpha value is -1.29. The highest BCUT2D eigenvalue weighted by atomic mass is 31.2. The maximum Gasteiger partial charge on any atom is 0.407 e. The third-order valence-corrected chi connectivity index (χ3v) is 4.78. The number of alkyl carbamates (subject to hydrolysis) is 1. The van der Waals surface area contributed by atoms with Crippen molar-refractivity contribution in [2.75, 3.05) is 60.2 Å². The fourth-order valence-electron chi connectivity index (χ4n) is 2.43. The van der Waals surface area contributed by atoms with Crippen LogP contribution in [-0.4, -0.2) is 81.4 Å². The summed E-state index contributed by atoms with van der Waals surface area (Å²) in [5.74, 6) is 0.205. The molecule has 1 amide bonds. The summed E-state index contributed by atoms with van der Waals surface area (Å²) < 4.78 is 25.7. The van der Waals surface area contributed by atoms with Gasteiger partial charge in [0.1, 0.15) is 32.1 Å². The third kappa shape index (κ3) is 20.0. The Morgan fingerprint density at radius 1 is 1.10 bits per heavy atom. The van der Waals surface area contributed by atoms with Gasteiger partial charge in [-0.05, 0) is 19.3 Å². The molecule has 0 heterocycles. The van der Waals surface area contributed by atoms with E-state index in [9.17, 15) is 19.0 Å². The summed E-state index contributed by atoms with van der Waals surface area (Å²) in [7, 11) is -0.860. The molecule has 1 atom stereocenters. The summed E-state index contributed by atoms with van der Waals surface area (Å²) in [4.78, 5) is 42.2. The van der Waals surface area contributed by atoms with E-state index in [0.29, 0.717) is 56.6 Å². The largest absolute Gasteiger partial charge is 0.756 e. The first-order chi connectivity index (χ1) is 14.1. The van der Waals surface area contributed by atoms with Crippen LogP contribution in [0.1, 0.15) is 38.5 Å². The summed E-state index contributed by atoms with van der Waals surface area (Å²) in [6, 6.07) is 0. The molecule has 0 spiro atoms. The molecule has 0 aliphatic heterocycles. The molecule has 0 aromatic heterocycles. The third-order valence-electron chi connectivity index (χ3n) is 4.27. The molecule has 0 saturated carbocycles. The molecular formula is C19H37N2O8P. The maximum absolute atomic E-state index is 11.9. The average molecular weight is 452 g/mol. The van der Waals surface area contributed by atoms with Gasteiger partial charge in [-0.1, -0.05) is 19.1 Å². The average Bonchev–Trinajstić information content (AvgIpc) is 2.64. The van der Waals surface area contributed by atoms with Crippen molar-refractivity contribution in [2.45, 2.75) is 38.5 Å². The Labute approximate surface area is 179 Å². The number of likely N-dealkylation sites (N-methyl/N-ethyl adjacent to an activating group) is 1. The van der Waals surface area contributed by atoms with Crippen molar-refractivity contribution in [3.8, 4) is 0 Å². The second-order valence-corrected chi connectivity index (χ2v) is 8.76. The van der Waals surface area contributed by atoms with Crippen molar-refractivity contribution in [3.05, 3.63) is 12.7 Å². The number of hydrogen-bond acceptors (Lipinski definition) is 7. The topological polar surface area (TPSA) is 134 Å². The minimum Gasteiger partial charge on any atom is -0.756 e. The van der Waals surface area contributed by atoms with E-state index in [1.165, 1.54) is 6.08 Å². The zero-order chi connectivity index (χ0) is 22.9. The molecule has 0 fully saturated rings. The van der Waals surface area contributed by atoms with E-state index in [1.807, 2.05) is 14.1 Å². The number of quaternary nitrogens is 1. The molecule has 0 saturated heterocycles. The number of nitrogens with zero attached hydrogens (tertiary/aromatic N) is 1. The number of phosphoric acid groups is 1. The Morgan fingerprint density at radius 3 is 2.43 bits per heavy atom. The maximum atomic E-state index is 11.9. The Kier molecular flexibility index (Phi) is 15.7. The molecule has 11 heteroatoms. The molecule has 10 nitrogen and oxygen atoms in total. The molecule has 0 bridgehead atoms. The van der Waals surface area contributed by atoms with Crippen LogP contribution in [0.4, 0.5) is 4.79 Å². The monoisotopic (exact) mass is 452 g/mol. The number of unbranched alkanes of at least 4 members (excludes halogenated alkanes) is 2. The highest BCUT2D eigenvalue weighted by Gasteiger charge is 2.16. The Morgan fingerprint density at radius 2 is 1.77 bits per heavy atom. The molecule has 1 unspecified atom stereocenters. The van der Waals surface area contributed by atoms with Crippen LogP contribution in [0.15, 0.2) is 12.7 Å². The van der Waals surface area contributed by atoms with E-state index in [1.54, 1.807) is 0 Å². The number of ether oxygens (including phenoxy) is 2. The summed E-state index contributed by atoms with van der Waals surface area (Å²) in [6.07, 6.45) is 5.16. The van der Waals surface area contributed by atoms with Gasteiger partial charge < -0.3 is 33.6 Å². The van der Waals surface area contributed by atoms with E-state index in [-0.39, 0.29) is 19.0 Å². The van der Waals surface area contributed by atoms with Crippen LogP contribution in [0.2, 0.25) is 0 Å². The van der Waals surface area contributed by atoms with Crippen LogP contribution >= 0.6 is 7.82 Å². The summed E-state index contributed by atoms with van der Waals surface area (Å²) in [6.45, 7) is 6.13. The van der Waals surface area contributed by atoms with Gasteiger partial charge in [-0.15, -0.1) is 0 Å². The van der Waals surface area contributed by atoms with Gasteiger partial charge in [-0.25, -0.2) is 4.79 Å². The van der Waals surface area contributed by atoms with Crippen molar-refractivity contribution in [1.82, 2.24) is 5.32 Å². The van der Waals surface area contributed by atoms with E-state index in [0.717, 1.165) is 19.3 Å². The van der Waals surface area contributed by atoms with Gasteiger partial charge in [0.05, 0.1) is 20.7 Å². The zero-order valence-corrected chi connectivity index (χ0v) is 19.1. The first kappa shape index (κ1) is 28.7. The highest BCUT2D eigenvalue weighted by Crippen LogP contribution is 2.29. The molecule has 0 aromatic rings. The van der Waals surface area contributed by atoms with Crippen molar-refractivity contribution in [1.29, 1.82) is 0 Å². The molecular weight excluding hydrogens is 415 g/mol. The summed E-state index contributed by atoms with van der Waals surface area (Å²) in [5.41, 5.74) is 0. The minimum absolute atomic E-state index is 0.0890. The molecule has 176 valence electrons. The number of Topliss-reactive ketones (excluding diaryl/α,β-unsaturated/α-hetero) is 1. The van der Waals surface area contributed by atoms with Crippen molar-refractivity contribution in [2.24, 2.45) is 0 Å². The molecule has 0 aliphatic carbocycles. The smallest absolute Gasteiger partial charge is 0.407 e. The van der Waals surface area contributed by atoms with E-state index >= 15 is 0 Å². The molecule has 0 aromatic carbocycles. The number of amides is 1. The standard InChI is InChI=1S/C19H37N2O8P/c1-4-14-28-19(23)20-11-7-5-6-9-18(22)10-8-15-27-16-12-21(2,3)13-17-29-30(24,25)26/h4H,1,5-17H2,2-3H3,(H2-,20,23,24,25,26). The Balaban J connectivity index is 3.55. The first-order valence-electron chi connectivity index (χ1n) is 10.2. The zero-order valence-electron chi connectivity index (χ0n) is 18.2. The van der Waals surface area contributed by atoms with Gasteiger partial charge in [0, 0.05) is 26.0 Å². The van der Waals surface area contributed by atoms with Gasteiger partial charge in [-0.3, -0.25) is 9.36 Å². The van der Waals surface area contributed by atoms with E-state index in [2.05, 4.69) is 16.4 Å². The number of ketones is 1. The van der Waals surface area contributed by atoms with Crippen LogP contribution in [-0.2, 0) is 23.4 Å². The number of rotatable bonds is 19. The van der Waals surface area contributed by atoms with Crippen LogP contribution in [0, 0.1) is 0 Å². The molecule has 2 N–H and O–H groups in total. The highest BCUT2D eigenvalue weighted by molar-refractivity contribution is 7.44.